The van der Waals surface area contributed by atoms with Crippen LogP contribution in [0.4, 0.5) is 0 Å². The SMILES string of the molecule is CS(=O)(=O)CCCNS(=O)(=O)c1ccc(CC(=O)O)s1. The van der Waals surface area contributed by atoms with Gasteiger partial charge in [0.1, 0.15) is 14.0 Å². The van der Waals surface area contributed by atoms with Crippen molar-refractivity contribution in [3.05, 3.63) is 17.0 Å². The number of hydrogen-bond acceptors (Lipinski definition) is 6. The largest absolute Gasteiger partial charge is 0.481 e. The monoisotopic (exact) mass is 341 g/mol. The first kappa shape index (κ1) is 17.1. The Labute approximate surface area is 121 Å². The molecule has 2 N–H and O–H groups in total. The Morgan fingerprint density at radius 1 is 1.30 bits per heavy atom. The molecule has 0 unspecified atom stereocenters. The van der Waals surface area contributed by atoms with E-state index in [4.69, 9.17) is 5.11 Å². The van der Waals surface area contributed by atoms with Crippen LogP contribution in [0.1, 0.15) is 11.3 Å². The third kappa shape index (κ3) is 5.99. The minimum Gasteiger partial charge on any atom is -0.481 e. The molecule has 0 spiro atoms. The molecular weight excluding hydrogens is 326 g/mol. The summed E-state index contributed by atoms with van der Waals surface area (Å²) in [6.07, 6.45) is 1.04. The third-order valence-corrected chi connectivity index (χ3v) is 6.28. The number of nitrogens with one attached hydrogen (secondary N) is 1. The van der Waals surface area contributed by atoms with Gasteiger partial charge in [0, 0.05) is 17.7 Å². The molecule has 0 saturated carbocycles. The van der Waals surface area contributed by atoms with Gasteiger partial charge < -0.3 is 5.11 Å². The Balaban J connectivity index is 2.60. The van der Waals surface area contributed by atoms with Crippen molar-refractivity contribution in [2.75, 3.05) is 18.6 Å². The van der Waals surface area contributed by atoms with Crippen LogP contribution in [-0.2, 0) is 31.1 Å². The number of carbonyl (C=O) groups is 1. The number of carboxylic acids is 1. The molecule has 114 valence electrons. The molecule has 1 heterocycles. The number of hydrogen-bond donors (Lipinski definition) is 2. The van der Waals surface area contributed by atoms with Crippen molar-refractivity contribution in [2.45, 2.75) is 17.1 Å². The highest BCUT2D eigenvalue weighted by atomic mass is 32.2. The Morgan fingerprint density at radius 2 is 1.95 bits per heavy atom. The van der Waals surface area contributed by atoms with E-state index >= 15 is 0 Å². The molecule has 1 aromatic rings. The highest BCUT2D eigenvalue weighted by Gasteiger charge is 2.17. The van der Waals surface area contributed by atoms with Gasteiger partial charge >= 0.3 is 5.97 Å². The summed E-state index contributed by atoms with van der Waals surface area (Å²) < 4.78 is 47.8. The Hall–Kier alpha value is -0.970. The number of sulfone groups is 1. The standard InChI is InChI=1S/C10H15NO6S3/c1-19(14,15)6-2-5-11-20(16,17)10-4-3-8(18-10)7-9(12)13/h3-4,11H,2,5-7H2,1H3,(H,12,13). The van der Waals surface area contributed by atoms with Crippen LogP contribution in [0.25, 0.3) is 0 Å². The normalized spacial score (nSPS) is 12.4. The van der Waals surface area contributed by atoms with Gasteiger partial charge in [0.15, 0.2) is 0 Å². The number of rotatable bonds is 8. The molecule has 0 fully saturated rings. The second-order valence-electron chi connectivity index (χ2n) is 4.17. The summed E-state index contributed by atoms with van der Waals surface area (Å²) in [5.41, 5.74) is 0. The molecule has 0 amide bonds. The van der Waals surface area contributed by atoms with E-state index in [-0.39, 0.29) is 29.3 Å². The molecule has 1 rings (SSSR count). The number of carboxylic acid groups (broad SMARTS) is 1. The van der Waals surface area contributed by atoms with E-state index in [2.05, 4.69) is 4.72 Å². The van der Waals surface area contributed by atoms with Crippen molar-refractivity contribution in [3.8, 4) is 0 Å². The molecule has 7 nitrogen and oxygen atoms in total. The number of sulfonamides is 1. The fraction of sp³-hybridized carbons (Fsp3) is 0.500. The Kier molecular flexibility index (Phi) is 5.68. The molecule has 0 aromatic carbocycles. The molecule has 1 aromatic heterocycles. The molecule has 0 saturated heterocycles. The molecule has 10 heteroatoms. The van der Waals surface area contributed by atoms with Crippen molar-refractivity contribution in [3.63, 3.8) is 0 Å². The van der Waals surface area contributed by atoms with Crippen LogP contribution in [0, 0.1) is 0 Å². The van der Waals surface area contributed by atoms with E-state index in [1.807, 2.05) is 0 Å². The van der Waals surface area contributed by atoms with Crippen LogP contribution in [0.15, 0.2) is 16.3 Å². The molecular formula is C10H15NO6S3. The number of thiophene rings is 1. The summed E-state index contributed by atoms with van der Waals surface area (Å²) >= 11 is 0.882. The molecule has 0 atom stereocenters. The zero-order valence-electron chi connectivity index (χ0n) is 10.7. The van der Waals surface area contributed by atoms with Gasteiger partial charge in [-0.1, -0.05) is 0 Å². The minimum absolute atomic E-state index is 0.0154. The lowest BCUT2D eigenvalue weighted by Gasteiger charge is -2.03. The summed E-state index contributed by atoms with van der Waals surface area (Å²) in [4.78, 5) is 11.0. The molecule has 0 aliphatic carbocycles. The second kappa shape index (κ2) is 6.66. The third-order valence-electron chi connectivity index (χ3n) is 2.21. The fourth-order valence-corrected chi connectivity index (χ4v) is 4.49. The second-order valence-corrected chi connectivity index (χ2v) is 9.59. The van der Waals surface area contributed by atoms with Crippen LogP contribution >= 0.6 is 11.3 Å². The van der Waals surface area contributed by atoms with E-state index < -0.39 is 25.8 Å². The van der Waals surface area contributed by atoms with Gasteiger partial charge in [-0.05, 0) is 18.6 Å². The van der Waals surface area contributed by atoms with Crippen LogP contribution in [0.2, 0.25) is 0 Å². The van der Waals surface area contributed by atoms with Crippen molar-refractivity contribution in [1.82, 2.24) is 4.72 Å². The first-order valence-electron chi connectivity index (χ1n) is 5.58. The summed E-state index contributed by atoms with van der Waals surface area (Å²) in [5.74, 6) is -1.12. The van der Waals surface area contributed by atoms with Crippen LogP contribution in [0.5, 0.6) is 0 Å². The van der Waals surface area contributed by atoms with Gasteiger partial charge in [0.25, 0.3) is 0 Å². The zero-order chi connectivity index (χ0) is 15.4. The van der Waals surface area contributed by atoms with Gasteiger partial charge in [-0.15, -0.1) is 11.3 Å². The van der Waals surface area contributed by atoms with Crippen molar-refractivity contribution in [2.24, 2.45) is 0 Å². The van der Waals surface area contributed by atoms with Crippen molar-refractivity contribution in [1.29, 1.82) is 0 Å². The Bertz CT molecular complexity index is 674. The lowest BCUT2D eigenvalue weighted by molar-refractivity contribution is -0.136. The highest BCUT2D eigenvalue weighted by Crippen LogP contribution is 2.21. The van der Waals surface area contributed by atoms with Gasteiger partial charge in [-0.3, -0.25) is 4.79 Å². The predicted octanol–water partition coefficient (Wildman–Crippen LogP) is 0.0882. The number of aliphatic carboxylic acids is 1. The van der Waals surface area contributed by atoms with Crippen molar-refractivity contribution >= 4 is 37.2 Å². The maximum atomic E-state index is 11.9. The summed E-state index contributed by atoms with van der Waals surface area (Å²) in [5, 5.41) is 8.61. The van der Waals surface area contributed by atoms with Crippen LogP contribution in [0.3, 0.4) is 0 Å². The first-order chi connectivity index (χ1) is 9.10. The molecule has 0 bridgehead atoms. The van der Waals surface area contributed by atoms with Gasteiger partial charge in [-0.25, -0.2) is 21.6 Å². The maximum absolute atomic E-state index is 11.9. The first-order valence-corrected chi connectivity index (χ1v) is 9.94. The minimum atomic E-state index is -3.71. The van der Waals surface area contributed by atoms with E-state index in [0.29, 0.717) is 4.88 Å². The lowest BCUT2D eigenvalue weighted by Crippen LogP contribution is -2.25. The average molecular weight is 341 g/mol. The van der Waals surface area contributed by atoms with Gasteiger partial charge in [0.05, 0.1) is 12.2 Å². The van der Waals surface area contributed by atoms with Gasteiger partial charge in [0.2, 0.25) is 10.0 Å². The topological polar surface area (TPSA) is 118 Å². The summed E-state index contributed by atoms with van der Waals surface area (Å²) in [6, 6.07) is 2.78. The average Bonchev–Trinajstić information content (AvgIpc) is 2.71. The van der Waals surface area contributed by atoms with Crippen molar-refractivity contribution < 1.29 is 26.7 Å². The smallest absolute Gasteiger partial charge is 0.308 e. The van der Waals surface area contributed by atoms with Crippen LogP contribution in [-0.4, -0.2) is 46.5 Å². The van der Waals surface area contributed by atoms with Gasteiger partial charge in [-0.2, -0.15) is 0 Å². The molecule has 20 heavy (non-hydrogen) atoms. The van der Waals surface area contributed by atoms with E-state index in [1.165, 1.54) is 12.1 Å². The Morgan fingerprint density at radius 3 is 2.50 bits per heavy atom. The molecule has 0 aliphatic rings. The molecule has 0 radical (unpaired) electrons. The summed E-state index contributed by atoms with van der Waals surface area (Å²) in [6.45, 7) is 0.0154. The maximum Gasteiger partial charge on any atom is 0.308 e. The zero-order valence-corrected chi connectivity index (χ0v) is 13.1. The van der Waals surface area contributed by atoms with E-state index in [1.54, 1.807) is 0 Å². The predicted molar refractivity (Wildman–Crippen MR) is 75.2 cm³/mol. The quantitative estimate of drug-likeness (QED) is 0.647. The van der Waals surface area contributed by atoms with E-state index in [9.17, 15) is 21.6 Å². The van der Waals surface area contributed by atoms with Crippen LogP contribution < -0.4 is 4.72 Å². The summed E-state index contributed by atoms with van der Waals surface area (Å²) in [7, 11) is -6.83. The molecule has 0 aliphatic heterocycles. The fourth-order valence-electron chi connectivity index (χ4n) is 1.36. The lowest BCUT2D eigenvalue weighted by atomic mass is 10.3. The highest BCUT2D eigenvalue weighted by molar-refractivity contribution is 7.91. The van der Waals surface area contributed by atoms with E-state index in [0.717, 1.165) is 17.6 Å².